The quantitative estimate of drug-likeness (QED) is 0.251. The number of rotatable bonds is 10. The number of amides is 1. The molecule has 0 spiro atoms. The lowest BCUT2D eigenvalue weighted by Crippen LogP contribution is -2.29. The molecule has 1 aliphatic heterocycles. The molecule has 2 N–H and O–H groups in total. The molecule has 1 fully saturated rings. The fraction of sp³-hybridized carbons (Fsp3) is 0.321. The highest BCUT2D eigenvalue weighted by Gasteiger charge is 2.14. The Hall–Kier alpha value is -3.93. The smallest absolute Gasteiger partial charge is 0.248 e. The predicted octanol–water partition coefficient (Wildman–Crippen LogP) is 4.36. The van der Waals surface area contributed by atoms with Crippen molar-refractivity contribution in [3.63, 3.8) is 0 Å². The third-order valence-corrected chi connectivity index (χ3v) is 5.91. The Morgan fingerprint density at radius 3 is 2.83 bits per heavy atom. The number of nitrogens with zero attached hydrogens (tertiary/aromatic N) is 3. The Bertz CT molecular complexity index is 1260. The monoisotopic (exact) mass is 485 g/mol. The topological polar surface area (TPSA) is 88.6 Å². The van der Waals surface area contributed by atoms with E-state index in [9.17, 15) is 4.79 Å². The summed E-state index contributed by atoms with van der Waals surface area (Å²) in [6.45, 7) is 3.68. The van der Waals surface area contributed by atoms with E-state index in [4.69, 9.17) is 15.9 Å². The Balaban J connectivity index is 1.58. The number of methoxy groups -OCH3 is 1. The van der Waals surface area contributed by atoms with E-state index in [1.54, 1.807) is 19.3 Å². The van der Waals surface area contributed by atoms with Crippen LogP contribution in [0.2, 0.25) is 0 Å². The van der Waals surface area contributed by atoms with E-state index in [1.807, 2.05) is 36.4 Å². The van der Waals surface area contributed by atoms with E-state index in [0.29, 0.717) is 36.0 Å². The minimum atomic E-state index is -0.226. The van der Waals surface area contributed by atoms with Crippen molar-refractivity contribution in [1.82, 2.24) is 14.9 Å². The van der Waals surface area contributed by atoms with Crippen LogP contribution in [0, 0.1) is 12.3 Å². The number of benzene rings is 2. The number of aromatic nitrogens is 2. The molecule has 8 nitrogen and oxygen atoms in total. The van der Waals surface area contributed by atoms with Crippen molar-refractivity contribution in [2.24, 2.45) is 0 Å². The summed E-state index contributed by atoms with van der Waals surface area (Å²) in [5.41, 5.74) is 2.77. The van der Waals surface area contributed by atoms with Gasteiger partial charge in [0.1, 0.15) is 24.5 Å². The number of likely N-dealkylation sites (tertiary alicyclic amines) is 1. The van der Waals surface area contributed by atoms with Crippen molar-refractivity contribution in [3.8, 4) is 18.1 Å². The summed E-state index contributed by atoms with van der Waals surface area (Å²) < 4.78 is 11.0. The zero-order chi connectivity index (χ0) is 25.2. The summed E-state index contributed by atoms with van der Waals surface area (Å²) in [6, 6.07) is 11.1. The molecule has 1 saturated heterocycles. The van der Waals surface area contributed by atoms with E-state index in [0.717, 1.165) is 36.3 Å². The van der Waals surface area contributed by atoms with E-state index >= 15 is 0 Å². The first-order valence-electron chi connectivity index (χ1n) is 12.1. The first kappa shape index (κ1) is 25.2. The largest absolute Gasteiger partial charge is 0.489 e. The highest BCUT2D eigenvalue weighted by molar-refractivity contribution is 6.03. The number of hydrogen-bond acceptors (Lipinski definition) is 7. The highest BCUT2D eigenvalue weighted by atomic mass is 16.5. The first-order chi connectivity index (χ1) is 17.7. The normalized spacial score (nSPS) is 14.0. The Labute approximate surface area is 211 Å². The molecule has 0 atom stereocenters. The van der Waals surface area contributed by atoms with Gasteiger partial charge in [-0.3, -0.25) is 9.69 Å². The molecular formula is C28H31N5O3. The maximum atomic E-state index is 12.8. The van der Waals surface area contributed by atoms with Crippen LogP contribution in [0.25, 0.3) is 10.9 Å². The minimum Gasteiger partial charge on any atom is -0.489 e. The molecular weight excluding hydrogens is 454 g/mol. The standard InChI is InChI=1S/C28H31N5O3/c1-3-21-9-7-10-22(17-21)31-28-23-18-25(26(36-16-15-35-2)19-24(23)29-20-30-28)32-27(34)11-8-14-33-12-5-4-6-13-33/h1,7-11,17-20H,4-6,12-16H2,2H3,(H,32,34)(H,29,30,31)/b11-8+. The van der Waals surface area contributed by atoms with Gasteiger partial charge >= 0.3 is 0 Å². The molecule has 0 bridgehead atoms. The van der Waals surface area contributed by atoms with E-state index in [2.05, 4.69) is 31.4 Å². The van der Waals surface area contributed by atoms with Crippen molar-refractivity contribution in [2.75, 3.05) is 50.6 Å². The maximum Gasteiger partial charge on any atom is 0.248 e. The molecule has 36 heavy (non-hydrogen) atoms. The average Bonchev–Trinajstić information content (AvgIpc) is 2.90. The summed E-state index contributed by atoms with van der Waals surface area (Å²) in [5, 5.41) is 6.99. The Kier molecular flexibility index (Phi) is 8.87. The van der Waals surface area contributed by atoms with Gasteiger partial charge in [0.05, 0.1) is 17.8 Å². The zero-order valence-electron chi connectivity index (χ0n) is 20.5. The minimum absolute atomic E-state index is 0.226. The third kappa shape index (κ3) is 6.81. The zero-order valence-corrected chi connectivity index (χ0v) is 20.5. The van der Waals surface area contributed by atoms with Crippen molar-refractivity contribution in [3.05, 3.63) is 60.4 Å². The van der Waals surface area contributed by atoms with Gasteiger partial charge in [0, 0.05) is 42.4 Å². The number of nitrogens with one attached hydrogen (secondary N) is 2. The van der Waals surface area contributed by atoms with Crippen LogP contribution in [0.4, 0.5) is 17.2 Å². The van der Waals surface area contributed by atoms with Crippen molar-refractivity contribution in [1.29, 1.82) is 0 Å². The van der Waals surface area contributed by atoms with Crippen LogP contribution in [0.3, 0.4) is 0 Å². The van der Waals surface area contributed by atoms with Gasteiger partial charge in [-0.15, -0.1) is 6.42 Å². The molecule has 8 heteroatoms. The lowest BCUT2D eigenvalue weighted by molar-refractivity contribution is -0.111. The number of ether oxygens (including phenoxy) is 2. The summed E-state index contributed by atoms with van der Waals surface area (Å²) in [6.07, 6.45) is 14.2. The fourth-order valence-corrected chi connectivity index (χ4v) is 4.08. The third-order valence-electron chi connectivity index (χ3n) is 5.91. The molecule has 3 aromatic rings. The second kappa shape index (κ2) is 12.7. The van der Waals surface area contributed by atoms with Crippen molar-refractivity contribution in [2.45, 2.75) is 19.3 Å². The number of terminal acetylenes is 1. The highest BCUT2D eigenvalue weighted by Crippen LogP contribution is 2.33. The molecule has 1 aliphatic rings. The van der Waals surface area contributed by atoms with Crippen molar-refractivity contribution >= 4 is 34.0 Å². The summed E-state index contributed by atoms with van der Waals surface area (Å²) in [4.78, 5) is 23.9. The summed E-state index contributed by atoms with van der Waals surface area (Å²) in [7, 11) is 1.61. The van der Waals surface area contributed by atoms with Crippen LogP contribution in [-0.2, 0) is 9.53 Å². The Morgan fingerprint density at radius 2 is 2.03 bits per heavy atom. The van der Waals surface area contributed by atoms with E-state index in [-0.39, 0.29) is 5.91 Å². The molecule has 0 radical (unpaired) electrons. The van der Waals surface area contributed by atoms with E-state index < -0.39 is 0 Å². The number of fused-ring (bicyclic) bond motifs is 1. The number of piperidine rings is 1. The van der Waals surface area contributed by atoms with Gasteiger partial charge in [-0.05, 0) is 50.2 Å². The molecule has 1 amide bonds. The summed E-state index contributed by atoms with van der Waals surface area (Å²) in [5.74, 6) is 3.51. The van der Waals surface area contributed by atoms with Gasteiger partial charge < -0.3 is 20.1 Å². The van der Waals surface area contributed by atoms with Gasteiger partial charge in [-0.1, -0.05) is 24.5 Å². The van der Waals surface area contributed by atoms with Crippen LogP contribution in [0.5, 0.6) is 5.75 Å². The average molecular weight is 486 g/mol. The van der Waals surface area contributed by atoms with Gasteiger partial charge in [0.2, 0.25) is 5.91 Å². The van der Waals surface area contributed by atoms with Gasteiger partial charge in [0.15, 0.2) is 0 Å². The Morgan fingerprint density at radius 1 is 1.17 bits per heavy atom. The van der Waals surface area contributed by atoms with E-state index in [1.165, 1.54) is 25.6 Å². The SMILES string of the molecule is C#Cc1cccc(Nc2ncnc3cc(OCCOC)c(NC(=O)/C=C/CN4CCCCC4)cc23)c1. The number of carbonyl (C=O) groups is 1. The van der Waals surface area contributed by atoms with Crippen LogP contribution in [0.1, 0.15) is 24.8 Å². The molecule has 2 heterocycles. The van der Waals surface area contributed by atoms with Crippen LogP contribution >= 0.6 is 0 Å². The number of anilines is 3. The molecule has 0 saturated carbocycles. The molecule has 0 unspecified atom stereocenters. The second-order valence-electron chi connectivity index (χ2n) is 8.53. The van der Waals surface area contributed by atoms with Crippen LogP contribution < -0.4 is 15.4 Å². The van der Waals surface area contributed by atoms with Crippen LogP contribution in [0.15, 0.2) is 54.9 Å². The fourth-order valence-electron chi connectivity index (χ4n) is 4.08. The van der Waals surface area contributed by atoms with Gasteiger partial charge in [-0.2, -0.15) is 0 Å². The van der Waals surface area contributed by atoms with Gasteiger partial charge in [0.25, 0.3) is 0 Å². The molecule has 4 rings (SSSR count). The van der Waals surface area contributed by atoms with Gasteiger partial charge in [-0.25, -0.2) is 9.97 Å². The lowest BCUT2D eigenvalue weighted by Gasteiger charge is -2.24. The van der Waals surface area contributed by atoms with Crippen molar-refractivity contribution < 1.29 is 14.3 Å². The van der Waals surface area contributed by atoms with Crippen LogP contribution in [-0.4, -0.2) is 60.7 Å². The maximum absolute atomic E-state index is 12.8. The predicted molar refractivity (Wildman–Crippen MR) is 143 cm³/mol. The molecule has 0 aliphatic carbocycles. The summed E-state index contributed by atoms with van der Waals surface area (Å²) >= 11 is 0. The lowest BCUT2D eigenvalue weighted by atomic mass is 10.1. The molecule has 2 aromatic carbocycles. The first-order valence-corrected chi connectivity index (χ1v) is 12.1. The second-order valence-corrected chi connectivity index (χ2v) is 8.53. The molecule has 186 valence electrons. The molecule has 1 aromatic heterocycles. The number of hydrogen-bond donors (Lipinski definition) is 2. The number of carbonyl (C=O) groups excluding carboxylic acids is 1.